The third-order valence-electron chi connectivity index (χ3n) is 5.14. The molecule has 4 nitrogen and oxygen atoms in total. The minimum atomic E-state index is -3.42. The molecular formula is C15H22INO3S2. The largest absolute Gasteiger partial charge is 0.384 e. The van der Waals surface area contributed by atoms with Gasteiger partial charge in [-0.2, -0.15) is 0 Å². The van der Waals surface area contributed by atoms with Crippen LogP contribution in [0.2, 0.25) is 0 Å². The van der Waals surface area contributed by atoms with Crippen LogP contribution in [0.25, 0.3) is 0 Å². The molecular weight excluding hydrogens is 433 g/mol. The van der Waals surface area contributed by atoms with Crippen molar-refractivity contribution in [2.45, 2.75) is 46.8 Å². The van der Waals surface area contributed by atoms with E-state index in [1.165, 1.54) is 17.8 Å². The molecule has 1 heterocycles. The summed E-state index contributed by atoms with van der Waals surface area (Å²) in [7, 11) is -1.71. The third kappa shape index (κ3) is 3.11. The number of nitrogens with one attached hydrogen (secondary N) is 1. The summed E-state index contributed by atoms with van der Waals surface area (Å²) in [4.78, 5) is 1.10. The van der Waals surface area contributed by atoms with Crippen molar-refractivity contribution in [2.75, 3.05) is 13.7 Å². The van der Waals surface area contributed by atoms with Crippen LogP contribution in [-0.4, -0.2) is 28.2 Å². The molecule has 22 heavy (non-hydrogen) atoms. The highest BCUT2D eigenvalue weighted by molar-refractivity contribution is 14.1. The van der Waals surface area contributed by atoms with Gasteiger partial charge in [-0.25, -0.2) is 13.1 Å². The first-order chi connectivity index (χ1) is 10.5. The van der Waals surface area contributed by atoms with Crippen LogP contribution < -0.4 is 4.72 Å². The van der Waals surface area contributed by atoms with Crippen LogP contribution in [0.5, 0.6) is 0 Å². The summed E-state index contributed by atoms with van der Waals surface area (Å²) in [6.07, 6.45) is 5.56. The monoisotopic (exact) mass is 455 g/mol. The lowest BCUT2D eigenvalue weighted by atomic mass is 9.72. The quantitative estimate of drug-likeness (QED) is 0.527. The highest BCUT2D eigenvalue weighted by Crippen LogP contribution is 2.52. The fourth-order valence-electron chi connectivity index (χ4n) is 4.15. The fourth-order valence-corrected chi connectivity index (χ4v) is 7.50. The Kier molecular flexibility index (Phi) is 5.19. The van der Waals surface area contributed by atoms with Crippen LogP contribution in [-0.2, 0) is 19.2 Å². The molecule has 3 atom stereocenters. The van der Waals surface area contributed by atoms with Gasteiger partial charge >= 0.3 is 0 Å². The smallest absolute Gasteiger partial charge is 0.250 e. The molecule has 1 aromatic rings. The number of ether oxygens (including phenoxy) is 1. The van der Waals surface area contributed by atoms with Gasteiger partial charge < -0.3 is 4.74 Å². The summed E-state index contributed by atoms with van der Waals surface area (Å²) in [5, 5.41) is 0. The molecule has 7 heteroatoms. The second-order valence-corrected chi connectivity index (χ2v) is 10.3. The fraction of sp³-hybridized carbons (Fsp3) is 0.733. The molecule has 0 saturated heterocycles. The Labute approximate surface area is 150 Å². The Morgan fingerprint density at radius 2 is 2.23 bits per heavy atom. The van der Waals surface area contributed by atoms with Gasteiger partial charge in [-0.1, -0.05) is 29.0 Å². The van der Waals surface area contributed by atoms with Crippen molar-refractivity contribution >= 4 is 44.0 Å². The van der Waals surface area contributed by atoms with E-state index in [4.69, 9.17) is 4.74 Å². The van der Waals surface area contributed by atoms with Gasteiger partial charge in [-0.15, -0.1) is 11.3 Å². The van der Waals surface area contributed by atoms with Crippen LogP contribution in [0.1, 0.15) is 37.0 Å². The lowest BCUT2D eigenvalue weighted by molar-refractivity contribution is 0.0396. The van der Waals surface area contributed by atoms with Crippen molar-refractivity contribution in [3.63, 3.8) is 0 Å². The van der Waals surface area contributed by atoms with Crippen molar-refractivity contribution in [1.82, 2.24) is 4.72 Å². The number of sulfonamides is 1. The number of halogens is 1. The molecule has 0 spiro atoms. The van der Waals surface area contributed by atoms with Crippen LogP contribution in [0, 0.1) is 11.3 Å². The molecule has 1 aromatic heterocycles. The average Bonchev–Trinajstić information content (AvgIpc) is 3.02. The number of alkyl halides is 1. The standard InChI is InChI=1S/C15H22INO3S2/c1-20-10-15-7-2-3-11(6-8-15)14(15)17-22(18,19)13-5-4-12(9-16)21-13/h4-5,11,14,17H,2-3,6-10H2,1H3. The minimum absolute atomic E-state index is 0.00586. The van der Waals surface area contributed by atoms with Crippen molar-refractivity contribution in [3.05, 3.63) is 17.0 Å². The van der Waals surface area contributed by atoms with Gasteiger partial charge in [0.05, 0.1) is 6.61 Å². The maximum Gasteiger partial charge on any atom is 0.250 e. The van der Waals surface area contributed by atoms with Gasteiger partial charge in [0, 0.05) is 27.9 Å². The number of fused-ring (bicyclic) bond motifs is 2. The lowest BCUT2D eigenvalue weighted by Gasteiger charge is -2.40. The zero-order chi connectivity index (χ0) is 15.8. The summed E-state index contributed by atoms with van der Waals surface area (Å²) < 4.78 is 35.3. The van der Waals surface area contributed by atoms with Gasteiger partial charge in [-0.05, 0) is 43.7 Å². The van der Waals surface area contributed by atoms with Crippen molar-refractivity contribution < 1.29 is 13.2 Å². The van der Waals surface area contributed by atoms with Crippen molar-refractivity contribution in [3.8, 4) is 0 Å². The van der Waals surface area contributed by atoms with Gasteiger partial charge in [-0.3, -0.25) is 0 Å². The summed E-state index contributed by atoms with van der Waals surface area (Å²) in [5.41, 5.74) is -0.00586. The zero-order valence-corrected chi connectivity index (χ0v) is 16.5. The summed E-state index contributed by atoms with van der Waals surface area (Å²) in [6, 6.07) is 3.66. The molecule has 0 aromatic carbocycles. The second-order valence-electron chi connectivity index (χ2n) is 6.44. The van der Waals surface area contributed by atoms with E-state index in [-0.39, 0.29) is 11.5 Å². The first-order valence-electron chi connectivity index (χ1n) is 7.67. The molecule has 124 valence electrons. The van der Waals surface area contributed by atoms with E-state index >= 15 is 0 Å². The van der Waals surface area contributed by atoms with E-state index < -0.39 is 10.0 Å². The number of rotatable bonds is 6. The first kappa shape index (κ1) is 17.1. The van der Waals surface area contributed by atoms with E-state index in [0.717, 1.165) is 35.0 Å². The predicted molar refractivity (Wildman–Crippen MR) is 97.0 cm³/mol. The predicted octanol–water partition coefficient (Wildman–Crippen LogP) is 3.56. The molecule has 3 unspecified atom stereocenters. The third-order valence-corrected chi connectivity index (χ3v) is 9.50. The van der Waals surface area contributed by atoms with E-state index in [0.29, 0.717) is 16.7 Å². The number of methoxy groups -OCH3 is 1. The molecule has 0 radical (unpaired) electrons. The normalized spacial score (nSPS) is 31.5. The highest BCUT2D eigenvalue weighted by atomic mass is 127. The topological polar surface area (TPSA) is 55.4 Å². The average molecular weight is 455 g/mol. The highest BCUT2D eigenvalue weighted by Gasteiger charge is 2.52. The van der Waals surface area contributed by atoms with Crippen molar-refractivity contribution in [1.29, 1.82) is 0 Å². The summed E-state index contributed by atoms with van der Waals surface area (Å²) >= 11 is 3.63. The molecule has 0 amide bonds. The molecule has 2 aliphatic rings. The Morgan fingerprint density at radius 3 is 2.91 bits per heavy atom. The number of hydrogen-bond donors (Lipinski definition) is 1. The maximum absolute atomic E-state index is 12.8. The molecule has 3 rings (SSSR count). The SMILES string of the molecule is COCC12CCCC(CC1)C2NS(=O)(=O)c1ccc(CI)s1. The lowest BCUT2D eigenvalue weighted by Crippen LogP contribution is -2.51. The Balaban J connectivity index is 1.84. The van der Waals surface area contributed by atoms with Crippen molar-refractivity contribution in [2.24, 2.45) is 11.3 Å². The molecule has 2 fully saturated rings. The van der Waals surface area contributed by atoms with Crippen LogP contribution in [0.3, 0.4) is 0 Å². The first-order valence-corrected chi connectivity index (χ1v) is 11.5. The summed E-state index contributed by atoms with van der Waals surface area (Å²) in [6.45, 7) is 0.653. The zero-order valence-electron chi connectivity index (χ0n) is 12.7. The Bertz CT molecular complexity index is 621. The van der Waals surface area contributed by atoms with Crippen LogP contribution in [0.15, 0.2) is 16.3 Å². The van der Waals surface area contributed by atoms with E-state index in [9.17, 15) is 8.42 Å². The van der Waals surface area contributed by atoms with Gasteiger partial charge in [0.15, 0.2) is 0 Å². The molecule has 2 bridgehead atoms. The minimum Gasteiger partial charge on any atom is -0.384 e. The van der Waals surface area contributed by atoms with Gasteiger partial charge in [0.25, 0.3) is 0 Å². The molecule has 2 saturated carbocycles. The van der Waals surface area contributed by atoms with E-state index in [1.807, 2.05) is 6.07 Å². The summed E-state index contributed by atoms with van der Waals surface area (Å²) in [5.74, 6) is 0.461. The molecule has 2 aliphatic carbocycles. The van der Waals surface area contributed by atoms with E-state index in [2.05, 4.69) is 27.3 Å². The second kappa shape index (κ2) is 6.66. The van der Waals surface area contributed by atoms with Gasteiger partial charge in [0.1, 0.15) is 4.21 Å². The molecule has 1 N–H and O–H groups in total. The Hall–Kier alpha value is 0.300. The maximum atomic E-state index is 12.8. The number of thiophene rings is 1. The Morgan fingerprint density at radius 1 is 1.41 bits per heavy atom. The van der Waals surface area contributed by atoms with Crippen LogP contribution in [0.4, 0.5) is 0 Å². The van der Waals surface area contributed by atoms with E-state index in [1.54, 1.807) is 13.2 Å². The number of hydrogen-bond acceptors (Lipinski definition) is 4. The van der Waals surface area contributed by atoms with Gasteiger partial charge in [0.2, 0.25) is 10.0 Å². The van der Waals surface area contributed by atoms with Crippen LogP contribution >= 0.6 is 33.9 Å². The molecule has 0 aliphatic heterocycles.